The lowest BCUT2D eigenvalue weighted by Gasteiger charge is -2.10. The molecule has 0 amide bonds. The maximum Gasteiger partial charge on any atom is 0.389 e. The summed E-state index contributed by atoms with van der Waals surface area (Å²) in [6.45, 7) is -0.529. The second kappa shape index (κ2) is 5.92. The maximum absolute atomic E-state index is 13.5. The smallest absolute Gasteiger partial charge is 0.389 e. The first kappa shape index (κ1) is 16.6. The van der Waals surface area contributed by atoms with Crippen LogP contribution >= 0.6 is 0 Å². The highest BCUT2D eigenvalue weighted by Gasteiger charge is 2.27. The molecule has 0 aliphatic heterocycles. The molecule has 1 rings (SSSR count). The van der Waals surface area contributed by atoms with Gasteiger partial charge in [0.25, 0.3) is 0 Å². The Balaban J connectivity index is 2.78. The topological polar surface area (TPSA) is 72.2 Å². The third-order valence-electron chi connectivity index (χ3n) is 2.31. The first-order valence-corrected chi connectivity index (χ1v) is 6.83. The van der Waals surface area contributed by atoms with Crippen molar-refractivity contribution in [1.29, 1.82) is 0 Å². The van der Waals surface area contributed by atoms with Crippen LogP contribution in [0.25, 0.3) is 0 Å². The van der Waals surface area contributed by atoms with E-state index >= 15 is 0 Å². The highest BCUT2D eigenvalue weighted by Crippen LogP contribution is 2.23. The molecule has 4 nitrogen and oxygen atoms in total. The third-order valence-corrected chi connectivity index (χ3v) is 3.79. The summed E-state index contributed by atoms with van der Waals surface area (Å²) in [7, 11) is -4.39. The van der Waals surface area contributed by atoms with Crippen molar-refractivity contribution in [1.82, 2.24) is 4.72 Å². The number of hydrogen-bond donors (Lipinski definition) is 2. The fourth-order valence-electron chi connectivity index (χ4n) is 1.33. The Labute approximate surface area is 111 Å². The van der Waals surface area contributed by atoms with E-state index in [0.29, 0.717) is 12.1 Å². The van der Waals surface area contributed by atoms with Gasteiger partial charge in [0, 0.05) is 13.0 Å². The van der Waals surface area contributed by atoms with E-state index in [9.17, 15) is 30.4 Å². The van der Waals surface area contributed by atoms with Gasteiger partial charge in [-0.2, -0.15) is 13.2 Å². The Morgan fingerprint density at radius 1 is 1.20 bits per heavy atom. The second-order valence-corrected chi connectivity index (χ2v) is 5.63. The first-order valence-electron chi connectivity index (χ1n) is 5.34. The molecule has 114 valence electrons. The number of nitrogen functional groups attached to an aromatic ring is 1. The molecule has 0 spiro atoms. The minimum atomic E-state index is -4.41. The van der Waals surface area contributed by atoms with Crippen LogP contribution in [0, 0.1) is 11.6 Å². The van der Waals surface area contributed by atoms with Crippen molar-refractivity contribution in [3.05, 3.63) is 23.8 Å². The van der Waals surface area contributed by atoms with Crippen LogP contribution in [0.15, 0.2) is 17.0 Å². The lowest BCUT2D eigenvalue weighted by atomic mass is 10.3. The summed E-state index contributed by atoms with van der Waals surface area (Å²) < 4.78 is 87.0. The summed E-state index contributed by atoms with van der Waals surface area (Å²) in [5.41, 5.74) is 4.03. The van der Waals surface area contributed by atoms with Gasteiger partial charge in [-0.15, -0.1) is 0 Å². The third kappa shape index (κ3) is 4.30. The predicted molar refractivity (Wildman–Crippen MR) is 61.2 cm³/mol. The van der Waals surface area contributed by atoms with Crippen molar-refractivity contribution in [2.75, 3.05) is 12.3 Å². The lowest BCUT2D eigenvalue weighted by molar-refractivity contribution is -0.135. The van der Waals surface area contributed by atoms with E-state index < -0.39 is 57.8 Å². The monoisotopic (exact) mass is 318 g/mol. The number of alkyl halides is 3. The molecule has 0 heterocycles. The molecule has 0 aliphatic rings. The first-order chi connectivity index (χ1) is 9.04. The number of hydrogen-bond acceptors (Lipinski definition) is 3. The Morgan fingerprint density at radius 3 is 2.35 bits per heavy atom. The average molecular weight is 318 g/mol. The van der Waals surface area contributed by atoms with E-state index in [2.05, 4.69) is 0 Å². The van der Waals surface area contributed by atoms with Crippen molar-refractivity contribution in [3.8, 4) is 0 Å². The maximum atomic E-state index is 13.5. The minimum absolute atomic E-state index is 0.499. The van der Waals surface area contributed by atoms with Crippen LogP contribution in [-0.4, -0.2) is 21.1 Å². The van der Waals surface area contributed by atoms with Gasteiger partial charge in [0.05, 0.1) is 0 Å². The second-order valence-electron chi connectivity index (χ2n) is 3.89. The molecule has 1 aromatic carbocycles. The summed E-state index contributed by atoms with van der Waals surface area (Å²) in [5, 5.41) is 0. The zero-order chi connectivity index (χ0) is 15.6. The molecule has 3 N–H and O–H groups in total. The van der Waals surface area contributed by atoms with Crippen molar-refractivity contribution in [2.24, 2.45) is 0 Å². The number of nitrogens with one attached hydrogen (secondary N) is 1. The van der Waals surface area contributed by atoms with Crippen molar-refractivity contribution in [2.45, 2.75) is 23.9 Å². The van der Waals surface area contributed by atoms with E-state index in [0.717, 1.165) is 0 Å². The molecule has 1 aromatic rings. The number of anilines is 1. The molecule has 0 atom stereocenters. The fraction of sp³-hybridized carbons (Fsp3) is 0.400. The molecular weight excluding hydrogens is 307 g/mol. The predicted octanol–water partition coefficient (Wildman–Crippen LogP) is 2.17. The largest absolute Gasteiger partial charge is 0.394 e. The zero-order valence-electron chi connectivity index (χ0n) is 9.97. The van der Waals surface area contributed by atoms with Crippen LogP contribution < -0.4 is 10.5 Å². The van der Waals surface area contributed by atoms with Crippen LogP contribution in [-0.2, 0) is 10.0 Å². The summed E-state index contributed by atoms with van der Waals surface area (Å²) >= 11 is 0. The van der Waals surface area contributed by atoms with Crippen LogP contribution in [0.3, 0.4) is 0 Å². The van der Waals surface area contributed by atoms with Crippen LogP contribution in [0.4, 0.5) is 27.6 Å². The Morgan fingerprint density at radius 2 is 1.80 bits per heavy atom. The van der Waals surface area contributed by atoms with E-state index in [-0.39, 0.29) is 0 Å². The standard InChI is InChI=1S/C10H11F5N2O2S/c11-6-2-3-7(8(12)9(6)16)20(18,19)17-5-1-4-10(13,14)15/h2-3,17H,1,4-5,16H2. The molecule has 0 bridgehead atoms. The molecule has 0 fully saturated rings. The summed E-state index contributed by atoms with van der Waals surface area (Å²) in [6, 6.07) is 1.30. The van der Waals surface area contributed by atoms with E-state index in [1.807, 2.05) is 0 Å². The molecular formula is C10H11F5N2O2S. The van der Waals surface area contributed by atoms with Gasteiger partial charge in [-0.25, -0.2) is 21.9 Å². The highest BCUT2D eigenvalue weighted by atomic mass is 32.2. The number of nitrogens with two attached hydrogens (primary N) is 1. The molecule has 0 unspecified atom stereocenters. The van der Waals surface area contributed by atoms with Gasteiger partial charge in [0.1, 0.15) is 16.4 Å². The van der Waals surface area contributed by atoms with E-state index in [4.69, 9.17) is 5.73 Å². The lowest BCUT2D eigenvalue weighted by Crippen LogP contribution is -2.27. The molecule has 0 aliphatic carbocycles. The van der Waals surface area contributed by atoms with Gasteiger partial charge in [0.2, 0.25) is 10.0 Å². The molecule has 0 radical (unpaired) electrons. The number of rotatable bonds is 5. The van der Waals surface area contributed by atoms with Crippen molar-refractivity contribution >= 4 is 15.7 Å². The number of benzene rings is 1. The summed E-state index contributed by atoms with van der Waals surface area (Å²) in [5.74, 6) is -2.60. The van der Waals surface area contributed by atoms with Crippen LogP contribution in [0.5, 0.6) is 0 Å². The average Bonchev–Trinajstić information content (AvgIpc) is 2.30. The summed E-state index contributed by atoms with van der Waals surface area (Å²) in [4.78, 5) is -0.914. The fourth-order valence-corrected chi connectivity index (χ4v) is 2.49. The Hall–Kier alpha value is -1.42. The molecule has 10 heteroatoms. The number of sulfonamides is 1. The minimum Gasteiger partial charge on any atom is -0.394 e. The van der Waals surface area contributed by atoms with Gasteiger partial charge in [-0.1, -0.05) is 0 Å². The highest BCUT2D eigenvalue weighted by molar-refractivity contribution is 7.89. The molecule has 0 saturated carbocycles. The van der Waals surface area contributed by atoms with Crippen molar-refractivity contribution in [3.63, 3.8) is 0 Å². The SMILES string of the molecule is Nc1c(F)ccc(S(=O)(=O)NCCCC(F)(F)F)c1F. The van der Waals surface area contributed by atoms with E-state index in [1.165, 1.54) is 0 Å². The Kier molecular flexibility index (Phi) is 4.92. The van der Waals surface area contributed by atoms with Crippen LogP contribution in [0.1, 0.15) is 12.8 Å². The molecule has 0 aromatic heterocycles. The quantitative estimate of drug-likeness (QED) is 0.496. The van der Waals surface area contributed by atoms with Crippen molar-refractivity contribution < 1.29 is 30.4 Å². The van der Waals surface area contributed by atoms with Gasteiger partial charge in [-0.3, -0.25) is 0 Å². The molecule has 20 heavy (non-hydrogen) atoms. The van der Waals surface area contributed by atoms with Gasteiger partial charge in [-0.05, 0) is 18.6 Å². The molecule has 0 saturated heterocycles. The Bertz CT molecular complexity index is 586. The zero-order valence-corrected chi connectivity index (χ0v) is 10.8. The normalized spacial score (nSPS) is 12.7. The van der Waals surface area contributed by atoms with Gasteiger partial charge < -0.3 is 5.73 Å². The van der Waals surface area contributed by atoms with E-state index in [1.54, 1.807) is 4.72 Å². The van der Waals surface area contributed by atoms with Crippen LogP contribution in [0.2, 0.25) is 0 Å². The van der Waals surface area contributed by atoms with Gasteiger partial charge in [0.15, 0.2) is 5.82 Å². The van der Waals surface area contributed by atoms with Gasteiger partial charge >= 0.3 is 6.18 Å². The number of halogens is 5. The summed E-state index contributed by atoms with van der Waals surface area (Å²) in [6.07, 6.45) is -6.08.